The number of imidazole rings is 1. The number of hydrogen-bond donors (Lipinski definition) is 1. The number of pyridine rings is 1. The zero-order valence-electron chi connectivity index (χ0n) is 15.1. The van der Waals surface area contributed by atoms with E-state index >= 15 is 0 Å². The third-order valence-electron chi connectivity index (χ3n) is 4.65. The molecule has 6 heteroatoms. The summed E-state index contributed by atoms with van der Waals surface area (Å²) in [5.41, 5.74) is 6.22. The molecule has 142 valence electrons. The number of nitrogens with zero attached hydrogens (tertiary/aromatic N) is 2. The minimum Gasteiger partial charge on any atom is -0.435 e. The van der Waals surface area contributed by atoms with Crippen LogP contribution in [0.2, 0.25) is 0 Å². The van der Waals surface area contributed by atoms with E-state index in [0.717, 1.165) is 39.3 Å². The molecule has 0 fully saturated rings. The largest absolute Gasteiger partial charge is 0.435 e. The van der Waals surface area contributed by atoms with Gasteiger partial charge in [-0.2, -0.15) is 8.78 Å². The molecular formula is C22H18F2N2O2. The Hall–Kier alpha value is -3.25. The van der Waals surface area contributed by atoms with Gasteiger partial charge >= 0.3 is 6.61 Å². The van der Waals surface area contributed by atoms with Crippen molar-refractivity contribution in [2.45, 2.75) is 20.1 Å². The highest BCUT2D eigenvalue weighted by atomic mass is 19.3. The lowest BCUT2D eigenvalue weighted by Crippen LogP contribution is -2.01. The number of alkyl halides is 2. The Morgan fingerprint density at radius 3 is 2.46 bits per heavy atom. The lowest BCUT2D eigenvalue weighted by atomic mass is 10.1. The Balaban J connectivity index is 1.72. The number of ether oxygens (including phenoxy) is 1. The second-order valence-corrected chi connectivity index (χ2v) is 6.45. The van der Waals surface area contributed by atoms with E-state index in [2.05, 4.69) is 9.72 Å². The monoisotopic (exact) mass is 380 g/mol. The van der Waals surface area contributed by atoms with Gasteiger partial charge < -0.3 is 14.2 Å². The SMILES string of the molecule is Cc1c(-c2ccc(OC(F)F)cc2)nc2ccc(-c3cccc(CO)c3)cn12. The zero-order chi connectivity index (χ0) is 19.7. The van der Waals surface area contributed by atoms with Crippen molar-refractivity contribution in [2.75, 3.05) is 0 Å². The van der Waals surface area contributed by atoms with E-state index in [9.17, 15) is 13.9 Å². The van der Waals surface area contributed by atoms with Gasteiger partial charge in [-0.1, -0.05) is 18.2 Å². The van der Waals surface area contributed by atoms with Crippen LogP contribution in [0.5, 0.6) is 5.75 Å². The first-order valence-corrected chi connectivity index (χ1v) is 8.79. The molecule has 4 nitrogen and oxygen atoms in total. The standard InChI is InChI=1S/C22H18F2N2O2/c1-14-21(16-5-8-19(9-6-16)28-22(23)24)25-20-10-7-18(12-26(14)20)17-4-2-3-15(11-17)13-27/h2-12,22,27H,13H2,1H3. The van der Waals surface area contributed by atoms with Gasteiger partial charge in [-0.15, -0.1) is 0 Å². The summed E-state index contributed by atoms with van der Waals surface area (Å²) < 4.78 is 31.0. The zero-order valence-corrected chi connectivity index (χ0v) is 15.1. The van der Waals surface area contributed by atoms with Gasteiger partial charge in [0.25, 0.3) is 0 Å². The highest BCUT2D eigenvalue weighted by molar-refractivity contribution is 5.70. The summed E-state index contributed by atoms with van der Waals surface area (Å²) in [7, 11) is 0. The van der Waals surface area contributed by atoms with Crippen molar-refractivity contribution in [1.29, 1.82) is 0 Å². The number of aliphatic hydroxyl groups excluding tert-OH is 1. The molecule has 2 aromatic carbocycles. The summed E-state index contributed by atoms with van der Waals surface area (Å²) >= 11 is 0. The number of benzene rings is 2. The van der Waals surface area contributed by atoms with Gasteiger partial charge in [-0.3, -0.25) is 0 Å². The molecule has 4 rings (SSSR count). The Bertz CT molecular complexity index is 1120. The molecule has 0 bridgehead atoms. The molecule has 0 atom stereocenters. The van der Waals surface area contributed by atoms with Crippen LogP contribution in [-0.2, 0) is 6.61 Å². The number of aliphatic hydroxyl groups is 1. The minimum atomic E-state index is -2.84. The average molecular weight is 380 g/mol. The molecule has 2 aromatic heterocycles. The summed E-state index contributed by atoms with van der Waals surface area (Å²) in [6.45, 7) is -0.881. The van der Waals surface area contributed by atoms with E-state index in [1.807, 2.05) is 53.9 Å². The summed E-state index contributed by atoms with van der Waals surface area (Å²) in [5, 5.41) is 9.36. The van der Waals surface area contributed by atoms with Crippen molar-refractivity contribution in [3.05, 3.63) is 78.1 Å². The van der Waals surface area contributed by atoms with Crippen molar-refractivity contribution < 1.29 is 18.6 Å². The smallest absolute Gasteiger partial charge is 0.387 e. The first-order chi connectivity index (χ1) is 13.5. The molecule has 28 heavy (non-hydrogen) atoms. The second kappa shape index (κ2) is 7.40. The summed E-state index contributed by atoms with van der Waals surface area (Å²) in [5.74, 6) is 0.117. The third kappa shape index (κ3) is 3.46. The molecule has 0 saturated carbocycles. The molecule has 0 aliphatic rings. The van der Waals surface area contributed by atoms with Gasteiger partial charge in [0.15, 0.2) is 0 Å². The number of rotatable bonds is 5. The van der Waals surface area contributed by atoms with Crippen LogP contribution in [0.25, 0.3) is 28.0 Å². The van der Waals surface area contributed by atoms with Crippen LogP contribution in [-0.4, -0.2) is 21.1 Å². The molecule has 4 aromatic rings. The molecular weight excluding hydrogens is 362 g/mol. The number of halogens is 2. The first kappa shape index (κ1) is 18.1. The van der Waals surface area contributed by atoms with Gasteiger partial charge in [0.05, 0.1) is 12.3 Å². The van der Waals surface area contributed by atoms with Gasteiger partial charge in [0.1, 0.15) is 11.4 Å². The van der Waals surface area contributed by atoms with Crippen LogP contribution in [0.4, 0.5) is 8.78 Å². The van der Waals surface area contributed by atoms with Crippen LogP contribution in [0.3, 0.4) is 0 Å². The fraction of sp³-hybridized carbons (Fsp3) is 0.136. The minimum absolute atomic E-state index is 0.00436. The molecule has 0 amide bonds. The van der Waals surface area contributed by atoms with Crippen LogP contribution in [0, 0.1) is 6.92 Å². The Morgan fingerprint density at radius 1 is 1.00 bits per heavy atom. The van der Waals surface area contributed by atoms with Crippen LogP contribution in [0.1, 0.15) is 11.3 Å². The van der Waals surface area contributed by atoms with Crippen molar-refractivity contribution in [2.24, 2.45) is 0 Å². The van der Waals surface area contributed by atoms with Gasteiger partial charge in [0.2, 0.25) is 0 Å². The molecule has 0 spiro atoms. The Labute approximate surface area is 160 Å². The maximum absolute atomic E-state index is 12.3. The van der Waals surface area contributed by atoms with E-state index in [1.54, 1.807) is 12.1 Å². The quantitative estimate of drug-likeness (QED) is 0.526. The molecule has 1 N–H and O–H groups in total. The lowest BCUT2D eigenvalue weighted by molar-refractivity contribution is -0.0498. The third-order valence-corrected chi connectivity index (χ3v) is 4.65. The van der Waals surface area contributed by atoms with E-state index in [4.69, 9.17) is 0 Å². The van der Waals surface area contributed by atoms with Crippen molar-refractivity contribution in [3.63, 3.8) is 0 Å². The van der Waals surface area contributed by atoms with Gasteiger partial charge in [0, 0.05) is 17.5 Å². The maximum Gasteiger partial charge on any atom is 0.387 e. The number of hydrogen-bond acceptors (Lipinski definition) is 3. The average Bonchev–Trinajstić information content (AvgIpc) is 3.04. The molecule has 0 unspecified atom stereocenters. The fourth-order valence-corrected chi connectivity index (χ4v) is 3.25. The van der Waals surface area contributed by atoms with Gasteiger partial charge in [-0.25, -0.2) is 4.98 Å². The summed E-state index contributed by atoms with van der Waals surface area (Å²) in [6, 6.07) is 18.1. The molecule has 0 aliphatic heterocycles. The summed E-state index contributed by atoms with van der Waals surface area (Å²) in [6.07, 6.45) is 2.01. The normalized spacial score (nSPS) is 11.3. The lowest BCUT2D eigenvalue weighted by Gasteiger charge is -2.06. The second-order valence-electron chi connectivity index (χ2n) is 6.45. The van der Waals surface area contributed by atoms with E-state index in [1.165, 1.54) is 12.1 Å². The molecule has 0 radical (unpaired) electrons. The van der Waals surface area contributed by atoms with E-state index in [-0.39, 0.29) is 12.4 Å². The molecule has 2 heterocycles. The first-order valence-electron chi connectivity index (χ1n) is 8.79. The molecule has 0 aliphatic carbocycles. The van der Waals surface area contributed by atoms with Crippen LogP contribution >= 0.6 is 0 Å². The van der Waals surface area contributed by atoms with E-state index < -0.39 is 6.61 Å². The highest BCUT2D eigenvalue weighted by Crippen LogP contribution is 2.28. The fourth-order valence-electron chi connectivity index (χ4n) is 3.25. The van der Waals surface area contributed by atoms with E-state index in [0.29, 0.717) is 0 Å². The number of aryl methyl sites for hydroxylation is 1. The van der Waals surface area contributed by atoms with Crippen LogP contribution in [0.15, 0.2) is 66.9 Å². The van der Waals surface area contributed by atoms with Crippen molar-refractivity contribution in [3.8, 4) is 28.1 Å². The maximum atomic E-state index is 12.3. The predicted octanol–water partition coefficient (Wildman–Crippen LogP) is 5.07. The number of aromatic nitrogens is 2. The number of fused-ring (bicyclic) bond motifs is 1. The van der Waals surface area contributed by atoms with Crippen LogP contribution < -0.4 is 4.74 Å². The van der Waals surface area contributed by atoms with Crippen molar-refractivity contribution >= 4 is 5.65 Å². The Morgan fingerprint density at radius 2 is 1.75 bits per heavy atom. The summed E-state index contributed by atoms with van der Waals surface area (Å²) in [4.78, 5) is 4.68. The Kier molecular flexibility index (Phi) is 4.79. The predicted molar refractivity (Wildman–Crippen MR) is 103 cm³/mol. The van der Waals surface area contributed by atoms with Crippen molar-refractivity contribution in [1.82, 2.24) is 9.38 Å². The molecule has 0 saturated heterocycles. The van der Waals surface area contributed by atoms with Gasteiger partial charge in [-0.05, 0) is 66.1 Å². The highest BCUT2D eigenvalue weighted by Gasteiger charge is 2.12. The topological polar surface area (TPSA) is 46.8 Å².